The predicted molar refractivity (Wildman–Crippen MR) is 76.6 cm³/mol. The van der Waals surface area contributed by atoms with Crippen LogP contribution >= 0.6 is 0 Å². The number of methoxy groups -OCH3 is 1. The lowest BCUT2D eigenvalue weighted by Crippen LogP contribution is -2.18. The molecular formula is C15H17NO5. The molecule has 0 fully saturated rings. The number of benzene rings is 1. The Morgan fingerprint density at radius 2 is 1.71 bits per heavy atom. The van der Waals surface area contributed by atoms with E-state index >= 15 is 0 Å². The summed E-state index contributed by atoms with van der Waals surface area (Å²) in [5.74, 6) is -1.55. The third-order valence-corrected chi connectivity index (χ3v) is 2.69. The molecular weight excluding hydrogens is 274 g/mol. The molecule has 6 heteroatoms. The molecule has 0 saturated heterocycles. The Hall–Kier alpha value is -2.63. The maximum atomic E-state index is 11.8. The molecule has 0 amide bonds. The molecule has 0 unspecified atom stereocenters. The predicted octanol–water partition coefficient (Wildman–Crippen LogP) is 2.24. The normalized spacial score (nSPS) is 11.4. The number of carbonyl (C=O) groups excluding carboxylic acids is 2. The van der Waals surface area contributed by atoms with E-state index in [2.05, 4.69) is 4.74 Å². The van der Waals surface area contributed by atoms with E-state index in [1.165, 1.54) is 38.3 Å². The van der Waals surface area contributed by atoms with Crippen molar-refractivity contribution in [3.05, 3.63) is 46.7 Å². The maximum absolute atomic E-state index is 11.8. The average molecular weight is 291 g/mol. The van der Waals surface area contributed by atoms with Gasteiger partial charge >= 0.3 is 11.9 Å². The van der Waals surface area contributed by atoms with Crippen LogP contribution < -0.4 is 0 Å². The fourth-order valence-corrected chi connectivity index (χ4v) is 1.67. The van der Waals surface area contributed by atoms with E-state index in [9.17, 15) is 14.7 Å². The Morgan fingerprint density at radius 1 is 1.19 bits per heavy atom. The van der Waals surface area contributed by atoms with Gasteiger partial charge in [-0.1, -0.05) is 12.1 Å². The fourth-order valence-electron chi connectivity index (χ4n) is 1.67. The molecule has 0 saturated carbocycles. The van der Waals surface area contributed by atoms with Crippen molar-refractivity contribution in [1.29, 1.82) is 5.41 Å². The Morgan fingerprint density at radius 3 is 2.14 bits per heavy atom. The molecule has 6 nitrogen and oxygen atoms in total. The minimum Gasteiger partial charge on any atom is -0.512 e. The highest BCUT2D eigenvalue weighted by atomic mass is 16.5. The molecule has 0 aromatic heterocycles. The van der Waals surface area contributed by atoms with Gasteiger partial charge in [0.25, 0.3) is 0 Å². The zero-order chi connectivity index (χ0) is 16.0. The van der Waals surface area contributed by atoms with Gasteiger partial charge in [-0.15, -0.1) is 0 Å². The minimum atomic E-state index is -0.764. The van der Waals surface area contributed by atoms with Crippen LogP contribution in [0.5, 0.6) is 0 Å². The molecule has 1 aromatic rings. The van der Waals surface area contributed by atoms with E-state index in [4.69, 9.17) is 10.1 Å². The van der Waals surface area contributed by atoms with Crippen molar-refractivity contribution in [2.75, 3.05) is 13.7 Å². The van der Waals surface area contributed by atoms with E-state index in [1.807, 2.05) is 0 Å². The highest BCUT2D eigenvalue weighted by Gasteiger charge is 2.21. The number of aliphatic hydroxyl groups excluding tert-OH is 1. The summed E-state index contributed by atoms with van der Waals surface area (Å²) in [6, 6.07) is 5.95. The van der Waals surface area contributed by atoms with Crippen molar-refractivity contribution >= 4 is 17.7 Å². The maximum Gasteiger partial charge on any atom is 0.343 e. The molecule has 0 radical (unpaired) electrons. The quantitative estimate of drug-likeness (QED) is 0.375. The van der Waals surface area contributed by atoms with Crippen LogP contribution in [0.15, 0.2) is 35.6 Å². The summed E-state index contributed by atoms with van der Waals surface area (Å²) in [6.45, 7) is 3.09. The first-order chi connectivity index (χ1) is 9.92. The molecule has 0 aliphatic heterocycles. The number of esters is 2. The van der Waals surface area contributed by atoms with E-state index in [-0.39, 0.29) is 23.7 Å². The second-order valence-corrected chi connectivity index (χ2v) is 4.12. The topological polar surface area (TPSA) is 96.7 Å². The lowest BCUT2D eigenvalue weighted by Gasteiger charge is -2.10. The molecule has 0 bridgehead atoms. The SMILES string of the molecule is CCOC(=O)/C(C(=N)c1ccc(C(=O)OC)cc1)=C(/C)O. The van der Waals surface area contributed by atoms with Gasteiger partial charge < -0.3 is 14.6 Å². The van der Waals surface area contributed by atoms with E-state index < -0.39 is 11.9 Å². The Labute approximate surface area is 122 Å². The van der Waals surface area contributed by atoms with Gasteiger partial charge in [-0.05, 0) is 26.0 Å². The number of nitrogens with one attached hydrogen (secondary N) is 1. The standard InChI is InChI=1S/C15H17NO5/c1-4-21-15(19)12(9(2)17)13(16)10-5-7-11(8-6-10)14(18)20-3/h5-8,16-17H,4H2,1-3H3/b12-9-,16-13?. The third-order valence-electron chi connectivity index (χ3n) is 2.69. The summed E-state index contributed by atoms with van der Waals surface area (Å²) in [4.78, 5) is 23.1. The Balaban J connectivity index is 3.09. The number of ether oxygens (including phenoxy) is 2. The molecule has 1 aromatic carbocycles. The minimum absolute atomic E-state index is 0.143. The Bertz CT molecular complexity index is 583. The first-order valence-corrected chi connectivity index (χ1v) is 6.27. The average Bonchev–Trinajstić information content (AvgIpc) is 2.46. The zero-order valence-electron chi connectivity index (χ0n) is 12.1. The van der Waals surface area contributed by atoms with Gasteiger partial charge in [0.15, 0.2) is 0 Å². The molecule has 1 rings (SSSR count). The van der Waals surface area contributed by atoms with Crippen molar-refractivity contribution in [2.45, 2.75) is 13.8 Å². The van der Waals surface area contributed by atoms with Gasteiger partial charge in [0.05, 0.1) is 25.0 Å². The lowest BCUT2D eigenvalue weighted by atomic mass is 10.0. The number of allylic oxidation sites excluding steroid dienone is 1. The van der Waals surface area contributed by atoms with Crippen LogP contribution in [0.1, 0.15) is 29.8 Å². The molecule has 112 valence electrons. The van der Waals surface area contributed by atoms with E-state index in [0.29, 0.717) is 11.1 Å². The molecule has 0 atom stereocenters. The van der Waals surface area contributed by atoms with Crippen LogP contribution in [0.25, 0.3) is 0 Å². The van der Waals surface area contributed by atoms with Gasteiger partial charge in [0.1, 0.15) is 11.3 Å². The molecule has 0 aliphatic rings. The highest BCUT2D eigenvalue weighted by molar-refractivity contribution is 6.25. The van der Waals surface area contributed by atoms with Crippen molar-refractivity contribution in [1.82, 2.24) is 0 Å². The van der Waals surface area contributed by atoms with Crippen molar-refractivity contribution in [3.63, 3.8) is 0 Å². The van der Waals surface area contributed by atoms with E-state index in [0.717, 1.165) is 0 Å². The molecule has 0 spiro atoms. The second-order valence-electron chi connectivity index (χ2n) is 4.12. The van der Waals surface area contributed by atoms with Gasteiger partial charge in [-0.25, -0.2) is 9.59 Å². The van der Waals surface area contributed by atoms with Gasteiger partial charge in [-0.2, -0.15) is 0 Å². The summed E-state index contributed by atoms with van der Waals surface area (Å²) in [5, 5.41) is 17.6. The van der Waals surface area contributed by atoms with Gasteiger partial charge in [0.2, 0.25) is 0 Å². The summed E-state index contributed by atoms with van der Waals surface area (Å²) >= 11 is 0. The fraction of sp³-hybridized carbons (Fsp3) is 0.267. The monoisotopic (exact) mass is 291 g/mol. The van der Waals surface area contributed by atoms with Crippen LogP contribution in [0.4, 0.5) is 0 Å². The first kappa shape index (κ1) is 16.4. The third kappa shape index (κ3) is 3.92. The van der Waals surface area contributed by atoms with E-state index in [1.54, 1.807) is 6.92 Å². The number of hydrogen-bond acceptors (Lipinski definition) is 6. The number of carbonyl (C=O) groups is 2. The zero-order valence-corrected chi connectivity index (χ0v) is 12.1. The molecule has 2 N–H and O–H groups in total. The van der Waals surface area contributed by atoms with Gasteiger partial charge in [0, 0.05) is 5.56 Å². The largest absolute Gasteiger partial charge is 0.512 e. The van der Waals surface area contributed by atoms with Crippen LogP contribution in [0.2, 0.25) is 0 Å². The van der Waals surface area contributed by atoms with Crippen molar-refractivity contribution in [3.8, 4) is 0 Å². The molecule has 0 aliphatic carbocycles. The van der Waals surface area contributed by atoms with Gasteiger partial charge in [-0.3, -0.25) is 5.41 Å². The smallest absolute Gasteiger partial charge is 0.343 e. The number of hydrogen-bond donors (Lipinski definition) is 2. The first-order valence-electron chi connectivity index (χ1n) is 6.27. The van der Waals surface area contributed by atoms with Crippen LogP contribution in [-0.2, 0) is 14.3 Å². The molecule has 21 heavy (non-hydrogen) atoms. The number of aliphatic hydroxyl groups is 1. The van der Waals surface area contributed by atoms with Crippen molar-refractivity contribution < 1.29 is 24.2 Å². The van der Waals surface area contributed by atoms with Crippen LogP contribution in [0, 0.1) is 5.41 Å². The van der Waals surface area contributed by atoms with Crippen LogP contribution in [-0.4, -0.2) is 36.5 Å². The Kier molecular flexibility index (Phi) is 5.66. The summed E-state index contributed by atoms with van der Waals surface area (Å²) in [5.41, 5.74) is 0.322. The lowest BCUT2D eigenvalue weighted by molar-refractivity contribution is -0.138. The summed E-state index contributed by atoms with van der Waals surface area (Å²) in [6.07, 6.45) is 0. The summed E-state index contributed by atoms with van der Waals surface area (Å²) < 4.78 is 9.39. The number of rotatable bonds is 5. The summed E-state index contributed by atoms with van der Waals surface area (Å²) in [7, 11) is 1.27. The molecule has 0 heterocycles. The van der Waals surface area contributed by atoms with Crippen molar-refractivity contribution in [2.24, 2.45) is 0 Å². The van der Waals surface area contributed by atoms with Crippen LogP contribution in [0.3, 0.4) is 0 Å². The highest BCUT2D eigenvalue weighted by Crippen LogP contribution is 2.14. The second kappa shape index (κ2) is 7.23.